The Labute approximate surface area is 192 Å². The predicted octanol–water partition coefficient (Wildman–Crippen LogP) is 1.30. The summed E-state index contributed by atoms with van der Waals surface area (Å²) >= 11 is 0. The molecule has 0 saturated heterocycles. The quantitative estimate of drug-likeness (QED) is 0.334. The number of hydrogen-bond acceptors (Lipinski definition) is 5. The number of likely N-dealkylation sites (N-methyl/N-ethyl adjacent to an activating group) is 1. The number of carbonyl (C=O) groups is 2. The molecule has 1 heterocycles. The van der Waals surface area contributed by atoms with Crippen molar-refractivity contribution in [2.24, 2.45) is 0 Å². The molecule has 2 aromatic carbocycles. The van der Waals surface area contributed by atoms with E-state index < -0.39 is 28.4 Å². The Hall–Kier alpha value is -3.78. The molecule has 0 aliphatic carbocycles. The number of rotatable bonds is 10. The lowest BCUT2D eigenvalue weighted by Gasteiger charge is -2.28. The van der Waals surface area contributed by atoms with Gasteiger partial charge in [-0.25, -0.2) is 0 Å². The average Bonchev–Trinajstić information content (AvgIpc) is 3.08. The van der Waals surface area contributed by atoms with Crippen LogP contribution in [0.5, 0.6) is 0 Å². The minimum Gasteiger partial charge on any atom is -0.868 e. The van der Waals surface area contributed by atoms with Crippen molar-refractivity contribution >= 4 is 23.5 Å². The summed E-state index contributed by atoms with van der Waals surface area (Å²) in [7, 11) is 0. The molecular formula is C25H27N3O5. The number of nitro benzene ring substituents is 1. The normalized spacial score (nSPS) is 16.3. The van der Waals surface area contributed by atoms with Gasteiger partial charge in [-0.2, -0.15) is 0 Å². The Balaban J connectivity index is 2.04. The maximum Gasteiger partial charge on any atom is 0.275 e. The summed E-state index contributed by atoms with van der Waals surface area (Å²) in [6.07, 6.45) is 2.81. The van der Waals surface area contributed by atoms with Crippen molar-refractivity contribution in [3.63, 3.8) is 0 Å². The predicted molar refractivity (Wildman–Crippen MR) is 122 cm³/mol. The van der Waals surface area contributed by atoms with E-state index in [1.165, 1.54) is 34.1 Å². The van der Waals surface area contributed by atoms with Gasteiger partial charge in [0.25, 0.3) is 5.69 Å². The van der Waals surface area contributed by atoms with E-state index in [4.69, 9.17) is 0 Å². The fraction of sp³-hybridized carbons (Fsp3) is 0.280. The number of para-hydroxylation sites is 1. The van der Waals surface area contributed by atoms with Gasteiger partial charge in [0.05, 0.1) is 42.7 Å². The van der Waals surface area contributed by atoms with E-state index in [1.54, 1.807) is 24.3 Å². The number of carbonyl (C=O) groups excluding carboxylic acids is 2. The highest BCUT2D eigenvalue weighted by Gasteiger charge is 2.41. The second-order valence-electron chi connectivity index (χ2n) is 7.78. The van der Waals surface area contributed by atoms with Crippen molar-refractivity contribution in [2.45, 2.75) is 19.9 Å². The molecule has 1 aliphatic rings. The van der Waals surface area contributed by atoms with Crippen LogP contribution in [0.3, 0.4) is 0 Å². The van der Waals surface area contributed by atoms with Gasteiger partial charge in [0.2, 0.25) is 5.91 Å². The Morgan fingerprint density at radius 1 is 1.09 bits per heavy atom. The summed E-state index contributed by atoms with van der Waals surface area (Å²) in [5.74, 6) is -2.34. The van der Waals surface area contributed by atoms with Crippen LogP contribution in [0.1, 0.15) is 31.0 Å². The third-order valence-corrected chi connectivity index (χ3v) is 5.91. The van der Waals surface area contributed by atoms with Crippen LogP contribution in [-0.4, -0.2) is 47.7 Å². The molecule has 172 valence electrons. The molecule has 1 N–H and O–H groups in total. The van der Waals surface area contributed by atoms with Gasteiger partial charge in [0.1, 0.15) is 0 Å². The maximum absolute atomic E-state index is 13.1. The van der Waals surface area contributed by atoms with Gasteiger partial charge < -0.3 is 14.9 Å². The molecule has 0 bridgehead atoms. The molecule has 0 aromatic heterocycles. The van der Waals surface area contributed by atoms with Crippen molar-refractivity contribution in [1.82, 2.24) is 4.90 Å². The lowest BCUT2D eigenvalue weighted by Crippen LogP contribution is -3.12. The van der Waals surface area contributed by atoms with Crippen LogP contribution in [-0.2, 0) is 9.59 Å². The Kier molecular flexibility index (Phi) is 7.74. The van der Waals surface area contributed by atoms with Crippen molar-refractivity contribution in [2.75, 3.05) is 26.2 Å². The molecule has 0 radical (unpaired) electrons. The lowest BCUT2D eigenvalue weighted by atomic mass is 9.94. The highest BCUT2D eigenvalue weighted by atomic mass is 16.6. The summed E-state index contributed by atoms with van der Waals surface area (Å²) in [4.78, 5) is 39.7. The van der Waals surface area contributed by atoms with Gasteiger partial charge in [-0.3, -0.25) is 19.7 Å². The fourth-order valence-electron chi connectivity index (χ4n) is 4.04. The van der Waals surface area contributed by atoms with Crippen molar-refractivity contribution in [3.8, 4) is 0 Å². The first-order valence-corrected chi connectivity index (χ1v) is 11.0. The van der Waals surface area contributed by atoms with Crippen LogP contribution in [0.2, 0.25) is 0 Å². The van der Waals surface area contributed by atoms with E-state index in [1.807, 2.05) is 32.0 Å². The number of benzene rings is 2. The summed E-state index contributed by atoms with van der Waals surface area (Å²) in [6.45, 7) is 6.47. The fourth-order valence-corrected chi connectivity index (χ4v) is 4.04. The monoisotopic (exact) mass is 449 g/mol. The van der Waals surface area contributed by atoms with E-state index in [-0.39, 0.29) is 23.4 Å². The van der Waals surface area contributed by atoms with Crippen LogP contribution in [0.4, 0.5) is 5.69 Å². The number of nitrogens with zero attached hydrogens (tertiary/aromatic N) is 2. The molecule has 8 nitrogen and oxygen atoms in total. The van der Waals surface area contributed by atoms with Gasteiger partial charge in [-0.1, -0.05) is 48.5 Å². The van der Waals surface area contributed by atoms with Gasteiger partial charge in [-0.15, -0.1) is 0 Å². The highest BCUT2D eigenvalue weighted by molar-refractivity contribution is 6.14. The molecular weight excluding hydrogens is 422 g/mol. The molecule has 1 unspecified atom stereocenters. The lowest BCUT2D eigenvalue weighted by molar-refractivity contribution is -0.895. The molecule has 33 heavy (non-hydrogen) atoms. The van der Waals surface area contributed by atoms with Crippen LogP contribution in [0.15, 0.2) is 72.0 Å². The Bertz CT molecular complexity index is 1090. The topological polar surface area (TPSA) is 108 Å². The number of ketones is 1. The summed E-state index contributed by atoms with van der Waals surface area (Å²) in [5, 5.41) is 24.7. The summed E-state index contributed by atoms with van der Waals surface area (Å²) in [5.41, 5.74) is 0.429. The van der Waals surface area contributed by atoms with E-state index >= 15 is 0 Å². The smallest absolute Gasteiger partial charge is 0.275 e. The van der Waals surface area contributed by atoms with Crippen LogP contribution >= 0.6 is 0 Å². The molecule has 3 rings (SSSR count). The molecule has 0 fully saturated rings. The van der Waals surface area contributed by atoms with Crippen molar-refractivity contribution in [1.29, 1.82) is 0 Å². The standard InChI is InChI=1S/C25H27N3O5/c1-3-26(4-2)16-17-27-23(19-12-8-9-13-20(19)28(32)33)22(24(30)25(27)31)21(29)15-14-18-10-6-5-7-11-18/h5-15,23,30H,3-4,16-17H2,1-2H3. The first-order valence-electron chi connectivity index (χ1n) is 11.0. The Morgan fingerprint density at radius 3 is 2.36 bits per heavy atom. The second kappa shape index (κ2) is 10.7. The first kappa shape index (κ1) is 23.9. The van der Waals surface area contributed by atoms with Crippen molar-refractivity contribution in [3.05, 3.63) is 93.2 Å². The maximum atomic E-state index is 13.1. The third-order valence-electron chi connectivity index (χ3n) is 5.91. The molecule has 0 spiro atoms. The number of amides is 1. The van der Waals surface area contributed by atoms with Gasteiger partial charge in [0.15, 0.2) is 5.78 Å². The molecule has 1 amide bonds. The summed E-state index contributed by atoms with van der Waals surface area (Å²) in [6, 6.07) is 13.9. The summed E-state index contributed by atoms with van der Waals surface area (Å²) < 4.78 is 0. The first-order chi connectivity index (χ1) is 15.9. The van der Waals surface area contributed by atoms with Crippen LogP contribution in [0.25, 0.3) is 6.08 Å². The van der Waals surface area contributed by atoms with Crippen LogP contribution in [0, 0.1) is 10.1 Å². The largest absolute Gasteiger partial charge is 0.868 e. The minimum absolute atomic E-state index is 0.160. The van der Waals surface area contributed by atoms with Crippen molar-refractivity contribution < 1.29 is 24.5 Å². The van der Waals surface area contributed by atoms with Gasteiger partial charge in [-0.05, 0) is 37.3 Å². The van der Waals surface area contributed by atoms with Gasteiger partial charge in [0, 0.05) is 11.6 Å². The van der Waals surface area contributed by atoms with E-state index in [9.17, 15) is 24.8 Å². The zero-order valence-corrected chi connectivity index (χ0v) is 18.7. The molecule has 8 heteroatoms. The number of nitrogens with one attached hydrogen (secondary N) is 1. The zero-order chi connectivity index (χ0) is 24.0. The number of allylic oxidation sites excluding steroid dienone is 1. The van der Waals surface area contributed by atoms with Crippen LogP contribution < -0.4 is 10.0 Å². The molecule has 1 aliphatic heterocycles. The highest BCUT2D eigenvalue weighted by Crippen LogP contribution is 2.40. The second-order valence-corrected chi connectivity index (χ2v) is 7.78. The SMILES string of the molecule is CC[NH+](CC)CCN1C(=O)C([O-])=C(C(=O)C=Cc2ccccc2)C1c1ccccc1[N+](=O)[O-]. The Morgan fingerprint density at radius 2 is 1.73 bits per heavy atom. The zero-order valence-electron chi connectivity index (χ0n) is 18.7. The molecule has 0 saturated carbocycles. The van der Waals surface area contributed by atoms with E-state index in [0.717, 1.165) is 18.7 Å². The van der Waals surface area contributed by atoms with E-state index in [2.05, 4.69) is 0 Å². The number of hydrogen-bond donors (Lipinski definition) is 1. The molecule has 2 aromatic rings. The third kappa shape index (κ3) is 5.18. The van der Waals surface area contributed by atoms with E-state index in [0.29, 0.717) is 6.54 Å². The van der Waals surface area contributed by atoms with Gasteiger partial charge >= 0.3 is 0 Å². The number of nitro groups is 1. The molecule has 1 atom stereocenters. The number of quaternary nitrogens is 1. The average molecular weight is 450 g/mol. The minimum atomic E-state index is -1.10.